The van der Waals surface area contributed by atoms with E-state index in [2.05, 4.69) is 5.32 Å². The van der Waals surface area contributed by atoms with Crippen molar-refractivity contribution in [3.63, 3.8) is 0 Å². The van der Waals surface area contributed by atoms with Crippen LogP contribution >= 0.6 is 0 Å². The number of benzene rings is 2. The van der Waals surface area contributed by atoms with Crippen LogP contribution in [0.3, 0.4) is 0 Å². The minimum atomic E-state index is -1.19. The lowest BCUT2D eigenvalue weighted by molar-refractivity contribution is -0.145. The summed E-state index contributed by atoms with van der Waals surface area (Å²) in [6.07, 6.45) is 0.214. The Bertz CT molecular complexity index is 782. The van der Waals surface area contributed by atoms with Gasteiger partial charge in [-0.3, -0.25) is 5.32 Å². The van der Waals surface area contributed by atoms with Gasteiger partial charge in [0.25, 0.3) is 0 Å². The lowest BCUT2D eigenvalue weighted by Gasteiger charge is -2.28. The normalized spacial score (nSPS) is 19.9. The number of ether oxygens (including phenoxy) is 1. The number of carboxylic acid groups (broad SMARTS) is 1. The van der Waals surface area contributed by atoms with Crippen LogP contribution in [0.25, 0.3) is 0 Å². The molecule has 2 atom stereocenters. The van der Waals surface area contributed by atoms with Crippen LogP contribution in [0.2, 0.25) is 0 Å². The van der Waals surface area contributed by atoms with Gasteiger partial charge >= 0.3 is 5.97 Å². The second kappa shape index (κ2) is 7.95. The summed E-state index contributed by atoms with van der Waals surface area (Å²) in [7, 11) is 0. The Morgan fingerprint density at radius 2 is 1.96 bits per heavy atom. The van der Waals surface area contributed by atoms with E-state index in [0.717, 1.165) is 11.1 Å². The number of aliphatic hydroxyl groups is 1. The van der Waals surface area contributed by atoms with Gasteiger partial charge < -0.3 is 14.9 Å². The van der Waals surface area contributed by atoms with Crippen molar-refractivity contribution < 1.29 is 24.1 Å². The fraction of sp³-hybridized carbons (Fsp3) is 0.350. The lowest BCUT2D eigenvalue weighted by Crippen LogP contribution is -2.50. The molecule has 5 nitrogen and oxygen atoms in total. The van der Waals surface area contributed by atoms with Gasteiger partial charge in [0, 0.05) is 12.1 Å². The number of carbonyl (C=O) groups is 1. The van der Waals surface area contributed by atoms with E-state index in [4.69, 9.17) is 4.74 Å². The van der Waals surface area contributed by atoms with Crippen molar-refractivity contribution in [3.8, 4) is 0 Å². The number of nitrogens with one attached hydrogen (secondary N) is 1. The first-order valence-corrected chi connectivity index (χ1v) is 8.59. The van der Waals surface area contributed by atoms with Gasteiger partial charge in [-0.05, 0) is 30.0 Å². The molecule has 3 N–H and O–H groups in total. The maximum atomic E-state index is 13.5. The molecule has 1 aliphatic carbocycles. The summed E-state index contributed by atoms with van der Waals surface area (Å²) in [5, 5.41) is 22.9. The third kappa shape index (κ3) is 3.77. The van der Waals surface area contributed by atoms with Crippen molar-refractivity contribution in [1.29, 1.82) is 0 Å². The zero-order valence-electron chi connectivity index (χ0n) is 14.3. The first-order valence-electron chi connectivity index (χ1n) is 8.59. The highest BCUT2D eigenvalue weighted by Gasteiger charge is 2.45. The molecule has 2 unspecified atom stereocenters. The van der Waals surface area contributed by atoms with Crippen LogP contribution in [0, 0.1) is 5.82 Å². The van der Waals surface area contributed by atoms with Gasteiger partial charge in [-0.15, -0.1) is 0 Å². The molecule has 1 aliphatic rings. The molecular weight excluding hydrogens is 337 g/mol. The summed E-state index contributed by atoms with van der Waals surface area (Å²) in [5.74, 6) is -1.31. The van der Waals surface area contributed by atoms with E-state index in [-0.39, 0.29) is 25.6 Å². The van der Waals surface area contributed by atoms with Crippen molar-refractivity contribution in [2.75, 3.05) is 13.2 Å². The average Bonchev–Trinajstić information content (AvgIpc) is 3.02. The Morgan fingerprint density at radius 3 is 2.73 bits per heavy atom. The van der Waals surface area contributed by atoms with Gasteiger partial charge in [-0.1, -0.05) is 42.5 Å². The molecule has 3 rings (SSSR count). The Morgan fingerprint density at radius 1 is 1.23 bits per heavy atom. The average molecular weight is 359 g/mol. The van der Waals surface area contributed by atoms with Crippen LogP contribution in [0.1, 0.15) is 23.1 Å². The Labute approximate surface area is 151 Å². The number of carboxylic acids is 1. The van der Waals surface area contributed by atoms with Gasteiger partial charge in [-0.2, -0.15) is 0 Å². The third-order valence-corrected chi connectivity index (χ3v) is 4.78. The van der Waals surface area contributed by atoms with Crippen LogP contribution < -0.4 is 5.32 Å². The lowest BCUT2D eigenvalue weighted by atomic mass is 9.91. The predicted octanol–water partition coefficient (Wildman–Crippen LogP) is 2.22. The molecule has 26 heavy (non-hydrogen) atoms. The van der Waals surface area contributed by atoms with E-state index >= 15 is 0 Å². The fourth-order valence-corrected chi connectivity index (χ4v) is 3.36. The molecule has 0 saturated carbocycles. The molecule has 0 fully saturated rings. The molecule has 0 bridgehead atoms. The summed E-state index contributed by atoms with van der Waals surface area (Å²) in [4.78, 5) is 11.9. The summed E-state index contributed by atoms with van der Waals surface area (Å²) >= 11 is 0. The van der Waals surface area contributed by atoms with Gasteiger partial charge in [0.15, 0.2) is 0 Å². The summed E-state index contributed by atoms with van der Waals surface area (Å²) in [6.45, 7) is 0.104. The van der Waals surface area contributed by atoms with E-state index < -0.39 is 17.6 Å². The Hall–Kier alpha value is -2.28. The van der Waals surface area contributed by atoms with Crippen LogP contribution in [-0.2, 0) is 28.1 Å². The van der Waals surface area contributed by atoms with E-state index in [9.17, 15) is 19.4 Å². The summed E-state index contributed by atoms with van der Waals surface area (Å²) < 4.78 is 18.9. The van der Waals surface area contributed by atoms with Crippen molar-refractivity contribution in [2.45, 2.75) is 31.1 Å². The van der Waals surface area contributed by atoms with E-state index in [0.29, 0.717) is 18.4 Å². The number of aliphatic carboxylic acids is 1. The standard InChI is InChI=1S/C20H22FNO4/c21-18-8-4-2-6-15(18)12-26-13-16(23)11-22-20(19(24)25)10-9-14-5-1-3-7-17(14)20/h1-8,16,22-23H,9-13H2,(H,24,25). The SMILES string of the molecule is O=C(O)C1(NCC(O)COCc2ccccc2F)CCc2ccccc21. The highest BCUT2D eigenvalue weighted by Crippen LogP contribution is 2.37. The molecule has 138 valence electrons. The molecule has 0 spiro atoms. The van der Waals surface area contributed by atoms with Crippen molar-refractivity contribution in [3.05, 3.63) is 71.0 Å². The number of halogens is 1. The second-order valence-electron chi connectivity index (χ2n) is 6.51. The van der Waals surface area contributed by atoms with Gasteiger partial charge in [-0.25, -0.2) is 9.18 Å². The molecule has 0 aliphatic heterocycles. The quantitative estimate of drug-likeness (QED) is 0.674. The van der Waals surface area contributed by atoms with Gasteiger partial charge in [0.05, 0.1) is 19.3 Å². The maximum Gasteiger partial charge on any atom is 0.328 e. The first kappa shape index (κ1) is 18.5. The van der Waals surface area contributed by atoms with E-state index in [1.165, 1.54) is 6.07 Å². The van der Waals surface area contributed by atoms with Crippen LogP contribution in [0.15, 0.2) is 48.5 Å². The zero-order chi connectivity index (χ0) is 18.6. The molecule has 6 heteroatoms. The molecule has 0 amide bonds. The second-order valence-corrected chi connectivity index (χ2v) is 6.51. The van der Waals surface area contributed by atoms with Crippen molar-refractivity contribution in [1.82, 2.24) is 5.32 Å². The largest absolute Gasteiger partial charge is 0.480 e. The smallest absolute Gasteiger partial charge is 0.328 e. The highest BCUT2D eigenvalue weighted by molar-refractivity contribution is 5.82. The van der Waals surface area contributed by atoms with Crippen molar-refractivity contribution in [2.24, 2.45) is 0 Å². The third-order valence-electron chi connectivity index (χ3n) is 4.78. The predicted molar refractivity (Wildman–Crippen MR) is 94.1 cm³/mol. The number of aliphatic hydroxyl groups excluding tert-OH is 1. The number of hydrogen-bond donors (Lipinski definition) is 3. The van der Waals surface area contributed by atoms with Gasteiger partial charge in [0.2, 0.25) is 0 Å². The van der Waals surface area contributed by atoms with Crippen molar-refractivity contribution >= 4 is 5.97 Å². The van der Waals surface area contributed by atoms with Gasteiger partial charge in [0.1, 0.15) is 11.4 Å². The number of aryl methyl sites for hydroxylation is 1. The Balaban J connectivity index is 1.55. The molecule has 0 radical (unpaired) electrons. The molecular formula is C20H22FNO4. The number of fused-ring (bicyclic) bond motifs is 1. The zero-order valence-corrected chi connectivity index (χ0v) is 14.3. The topological polar surface area (TPSA) is 78.8 Å². The highest BCUT2D eigenvalue weighted by atomic mass is 19.1. The monoisotopic (exact) mass is 359 g/mol. The summed E-state index contributed by atoms with van der Waals surface area (Å²) in [5.41, 5.74) is 0.974. The number of rotatable bonds is 8. The number of hydrogen-bond acceptors (Lipinski definition) is 4. The molecule has 0 aromatic heterocycles. The molecule has 2 aromatic carbocycles. The minimum Gasteiger partial charge on any atom is -0.480 e. The minimum absolute atomic E-state index is 0.0152. The summed E-state index contributed by atoms with van der Waals surface area (Å²) in [6, 6.07) is 13.7. The van der Waals surface area contributed by atoms with Crippen LogP contribution in [-0.4, -0.2) is 35.4 Å². The van der Waals surface area contributed by atoms with E-state index in [1.54, 1.807) is 18.2 Å². The van der Waals surface area contributed by atoms with Crippen LogP contribution in [0.5, 0.6) is 0 Å². The van der Waals surface area contributed by atoms with E-state index in [1.807, 2.05) is 24.3 Å². The fourth-order valence-electron chi connectivity index (χ4n) is 3.36. The van der Waals surface area contributed by atoms with Crippen LogP contribution in [0.4, 0.5) is 4.39 Å². The molecule has 2 aromatic rings. The first-order chi connectivity index (χ1) is 12.5. The Kier molecular flexibility index (Phi) is 5.66. The molecule has 0 heterocycles. The maximum absolute atomic E-state index is 13.5. The molecule has 0 saturated heterocycles.